The van der Waals surface area contributed by atoms with Gasteiger partial charge in [-0.1, -0.05) is 23.7 Å². The Labute approximate surface area is 140 Å². The fourth-order valence-electron chi connectivity index (χ4n) is 1.80. The molecule has 0 saturated carbocycles. The van der Waals surface area contributed by atoms with Crippen LogP contribution >= 0.6 is 24.0 Å². The highest BCUT2D eigenvalue weighted by Gasteiger charge is 2.15. The smallest absolute Gasteiger partial charge is 0.244 e. The Morgan fingerprint density at radius 3 is 2.73 bits per heavy atom. The van der Waals surface area contributed by atoms with Crippen molar-refractivity contribution in [2.75, 3.05) is 19.0 Å². The molecule has 0 bridgehead atoms. The van der Waals surface area contributed by atoms with E-state index < -0.39 is 6.04 Å². The Morgan fingerprint density at radius 1 is 1.41 bits per heavy atom. The lowest BCUT2D eigenvalue weighted by Gasteiger charge is -2.12. The van der Waals surface area contributed by atoms with E-state index >= 15 is 0 Å². The Bertz CT molecular complexity index is 601. The summed E-state index contributed by atoms with van der Waals surface area (Å²) in [4.78, 5) is 11.9. The first-order valence-electron chi connectivity index (χ1n) is 6.42. The standard InChI is InChI=1S/C14H17ClN4O2.ClH/c1-21-9-12(16)14(20)18-13-6-7-17-19(13)8-10-2-4-11(15)5-3-10;/h2-7,12H,8-9,16H2,1H3,(H,18,20);1H. The van der Waals surface area contributed by atoms with Gasteiger partial charge in [-0.05, 0) is 17.7 Å². The van der Waals surface area contributed by atoms with Crippen LogP contribution in [-0.2, 0) is 16.1 Å². The predicted octanol–water partition coefficient (Wildman–Crippen LogP) is 1.92. The zero-order valence-electron chi connectivity index (χ0n) is 12.0. The minimum atomic E-state index is -0.714. The Kier molecular flexibility index (Phi) is 7.34. The Balaban J connectivity index is 0.00000242. The van der Waals surface area contributed by atoms with E-state index in [0.717, 1.165) is 5.56 Å². The molecule has 2 aromatic rings. The molecule has 8 heteroatoms. The predicted molar refractivity (Wildman–Crippen MR) is 88.5 cm³/mol. The number of ether oxygens (including phenoxy) is 1. The van der Waals surface area contributed by atoms with Gasteiger partial charge < -0.3 is 15.8 Å². The van der Waals surface area contributed by atoms with Crippen molar-refractivity contribution in [1.82, 2.24) is 9.78 Å². The molecular formula is C14H18Cl2N4O2. The van der Waals surface area contributed by atoms with E-state index in [1.165, 1.54) is 7.11 Å². The molecule has 1 unspecified atom stereocenters. The van der Waals surface area contributed by atoms with Crippen LogP contribution < -0.4 is 11.1 Å². The lowest BCUT2D eigenvalue weighted by Crippen LogP contribution is -2.39. The second-order valence-corrected chi connectivity index (χ2v) is 4.99. The molecule has 0 aliphatic carbocycles. The molecule has 0 radical (unpaired) electrons. The van der Waals surface area contributed by atoms with Gasteiger partial charge in [0.15, 0.2) is 0 Å². The van der Waals surface area contributed by atoms with Crippen LogP contribution in [0.15, 0.2) is 36.5 Å². The molecule has 1 amide bonds. The summed E-state index contributed by atoms with van der Waals surface area (Å²) in [6.07, 6.45) is 1.62. The van der Waals surface area contributed by atoms with E-state index in [1.807, 2.05) is 24.3 Å². The maximum Gasteiger partial charge on any atom is 0.244 e. The van der Waals surface area contributed by atoms with Gasteiger partial charge in [0, 0.05) is 18.2 Å². The molecule has 1 aromatic heterocycles. The summed E-state index contributed by atoms with van der Waals surface area (Å²) in [6.45, 7) is 0.691. The number of amides is 1. The minimum Gasteiger partial charge on any atom is -0.383 e. The van der Waals surface area contributed by atoms with Gasteiger partial charge in [-0.2, -0.15) is 5.10 Å². The van der Waals surface area contributed by atoms with Gasteiger partial charge in [-0.25, -0.2) is 4.68 Å². The number of rotatable bonds is 6. The largest absolute Gasteiger partial charge is 0.383 e. The maximum atomic E-state index is 11.9. The summed E-state index contributed by atoms with van der Waals surface area (Å²) >= 11 is 5.85. The SMILES string of the molecule is COCC(N)C(=O)Nc1ccnn1Cc1ccc(Cl)cc1.Cl. The van der Waals surface area contributed by atoms with Crippen molar-refractivity contribution in [3.05, 3.63) is 47.1 Å². The van der Waals surface area contributed by atoms with Crippen molar-refractivity contribution >= 4 is 35.7 Å². The lowest BCUT2D eigenvalue weighted by atomic mass is 10.2. The molecule has 6 nitrogen and oxygen atoms in total. The summed E-state index contributed by atoms with van der Waals surface area (Å²) in [7, 11) is 1.50. The third-order valence-electron chi connectivity index (χ3n) is 2.90. The first-order chi connectivity index (χ1) is 10.1. The highest BCUT2D eigenvalue weighted by molar-refractivity contribution is 6.30. The molecule has 2 rings (SSSR count). The van der Waals surface area contributed by atoms with Crippen molar-refractivity contribution in [3.8, 4) is 0 Å². The van der Waals surface area contributed by atoms with Gasteiger partial charge in [-0.15, -0.1) is 12.4 Å². The highest BCUT2D eigenvalue weighted by Crippen LogP contribution is 2.13. The Morgan fingerprint density at radius 2 is 2.09 bits per heavy atom. The van der Waals surface area contributed by atoms with Crippen molar-refractivity contribution in [3.63, 3.8) is 0 Å². The van der Waals surface area contributed by atoms with Crippen LogP contribution in [0, 0.1) is 0 Å². The van der Waals surface area contributed by atoms with Crippen LogP contribution in [0.5, 0.6) is 0 Å². The summed E-state index contributed by atoms with van der Waals surface area (Å²) in [5.74, 6) is 0.274. The number of benzene rings is 1. The molecule has 0 fully saturated rings. The van der Waals surface area contributed by atoms with E-state index in [1.54, 1.807) is 16.9 Å². The minimum absolute atomic E-state index is 0. The van der Waals surface area contributed by atoms with E-state index in [4.69, 9.17) is 22.1 Å². The van der Waals surface area contributed by atoms with E-state index in [9.17, 15) is 4.79 Å². The first-order valence-corrected chi connectivity index (χ1v) is 6.79. The second-order valence-electron chi connectivity index (χ2n) is 4.55. The summed E-state index contributed by atoms with van der Waals surface area (Å²) in [5, 5.41) is 7.61. The molecule has 0 spiro atoms. The van der Waals surface area contributed by atoms with Crippen LogP contribution in [0.2, 0.25) is 5.02 Å². The van der Waals surface area contributed by atoms with E-state index in [0.29, 0.717) is 17.4 Å². The maximum absolute atomic E-state index is 11.9. The average molecular weight is 345 g/mol. The second kappa shape index (κ2) is 8.75. The van der Waals surface area contributed by atoms with E-state index in [-0.39, 0.29) is 24.9 Å². The van der Waals surface area contributed by atoms with Crippen molar-refractivity contribution < 1.29 is 9.53 Å². The van der Waals surface area contributed by atoms with Crippen LogP contribution in [-0.4, -0.2) is 35.4 Å². The molecular weight excluding hydrogens is 327 g/mol. The molecule has 0 aliphatic rings. The van der Waals surface area contributed by atoms with Gasteiger partial charge in [0.1, 0.15) is 11.9 Å². The number of nitrogens with zero attached hydrogens (tertiary/aromatic N) is 2. The Hall–Kier alpha value is -1.60. The fraction of sp³-hybridized carbons (Fsp3) is 0.286. The first kappa shape index (κ1) is 18.4. The number of carbonyl (C=O) groups excluding carboxylic acids is 1. The number of aromatic nitrogens is 2. The van der Waals surface area contributed by atoms with Crippen LogP contribution in [0.25, 0.3) is 0 Å². The zero-order valence-corrected chi connectivity index (χ0v) is 13.6. The molecule has 1 heterocycles. The third-order valence-corrected chi connectivity index (χ3v) is 3.15. The van der Waals surface area contributed by atoms with Gasteiger partial charge in [0.05, 0.1) is 19.3 Å². The molecule has 1 aromatic carbocycles. The number of halogens is 2. The summed E-state index contributed by atoms with van der Waals surface area (Å²) in [6, 6.07) is 8.44. The van der Waals surface area contributed by atoms with Crippen molar-refractivity contribution in [2.24, 2.45) is 5.73 Å². The van der Waals surface area contributed by atoms with E-state index in [2.05, 4.69) is 10.4 Å². The van der Waals surface area contributed by atoms with Crippen LogP contribution in [0.3, 0.4) is 0 Å². The molecule has 120 valence electrons. The van der Waals surface area contributed by atoms with Gasteiger partial charge in [-0.3, -0.25) is 4.79 Å². The number of nitrogens with two attached hydrogens (primary N) is 1. The topological polar surface area (TPSA) is 82.2 Å². The fourth-order valence-corrected chi connectivity index (χ4v) is 1.93. The van der Waals surface area contributed by atoms with Crippen molar-refractivity contribution in [2.45, 2.75) is 12.6 Å². The number of carbonyl (C=O) groups is 1. The number of anilines is 1. The molecule has 0 saturated heterocycles. The average Bonchev–Trinajstić information content (AvgIpc) is 2.89. The summed E-state index contributed by atoms with van der Waals surface area (Å²) < 4.78 is 6.54. The van der Waals surface area contributed by atoms with Crippen LogP contribution in [0.4, 0.5) is 5.82 Å². The number of methoxy groups -OCH3 is 1. The molecule has 3 N–H and O–H groups in total. The van der Waals surface area contributed by atoms with Crippen molar-refractivity contribution in [1.29, 1.82) is 0 Å². The number of nitrogens with one attached hydrogen (secondary N) is 1. The van der Waals surface area contributed by atoms with Gasteiger partial charge in [0.2, 0.25) is 5.91 Å². The molecule has 1 atom stereocenters. The van der Waals surface area contributed by atoms with Gasteiger partial charge in [0.25, 0.3) is 0 Å². The normalized spacial score (nSPS) is 11.6. The lowest BCUT2D eigenvalue weighted by molar-refractivity contribution is -0.118. The summed E-state index contributed by atoms with van der Waals surface area (Å²) in [5.41, 5.74) is 6.71. The van der Waals surface area contributed by atoms with Crippen LogP contribution in [0.1, 0.15) is 5.56 Å². The third kappa shape index (κ3) is 4.99. The zero-order chi connectivity index (χ0) is 15.2. The molecule has 0 aliphatic heterocycles. The highest BCUT2D eigenvalue weighted by atomic mass is 35.5. The number of hydrogen-bond donors (Lipinski definition) is 2. The van der Waals surface area contributed by atoms with Gasteiger partial charge >= 0.3 is 0 Å². The molecule has 22 heavy (non-hydrogen) atoms. The monoisotopic (exact) mass is 344 g/mol. The quantitative estimate of drug-likeness (QED) is 0.838. The number of hydrogen-bond acceptors (Lipinski definition) is 4.